The number of carbonyl (C=O) groups is 1. The fraction of sp³-hybridized carbons (Fsp3) is 0.312. The van der Waals surface area contributed by atoms with Crippen molar-refractivity contribution in [3.05, 3.63) is 48.4 Å². The van der Waals surface area contributed by atoms with Gasteiger partial charge in [-0.05, 0) is 38.1 Å². The van der Waals surface area contributed by atoms with Crippen LogP contribution in [0.4, 0.5) is 5.69 Å². The first-order chi connectivity index (χ1) is 10.1. The lowest BCUT2D eigenvalue weighted by atomic mass is 10.3. The Hall–Kier alpha value is -2.27. The van der Waals surface area contributed by atoms with Crippen molar-refractivity contribution in [3.8, 4) is 5.75 Å². The monoisotopic (exact) mass is 288 g/mol. The summed E-state index contributed by atoms with van der Waals surface area (Å²) >= 11 is 0. The number of hydrogen-bond donors (Lipinski definition) is 2. The fourth-order valence-corrected chi connectivity index (χ4v) is 1.83. The number of carbonyl (C=O) groups excluding carboxylic acids is 1. The van der Waals surface area contributed by atoms with E-state index in [0.717, 1.165) is 5.76 Å². The lowest BCUT2D eigenvalue weighted by Crippen LogP contribution is -2.27. The van der Waals surface area contributed by atoms with Crippen LogP contribution in [0.15, 0.2) is 47.1 Å². The molecule has 0 atom stereocenters. The molecular weight excluding hydrogens is 268 g/mol. The SMILES string of the molecule is CC(C)Oc1ccccc1NC(=O)CNCc1ccco1. The average Bonchev–Trinajstić information content (AvgIpc) is 2.93. The second-order valence-electron chi connectivity index (χ2n) is 4.89. The van der Waals surface area contributed by atoms with E-state index in [4.69, 9.17) is 9.15 Å². The van der Waals surface area contributed by atoms with Crippen LogP contribution in [0.5, 0.6) is 5.75 Å². The van der Waals surface area contributed by atoms with Crippen molar-refractivity contribution >= 4 is 11.6 Å². The predicted octanol–water partition coefficient (Wildman–Crippen LogP) is 2.80. The number of amides is 1. The third-order valence-electron chi connectivity index (χ3n) is 2.69. The standard InChI is InChI=1S/C16H20N2O3/c1-12(2)21-15-8-4-3-7-14(15)18-16(19)11-17-10-13-6-5-9-20-13/h3-9,12,17H,10-11H2,1-2H3,(H,18,19). The van der Waals surface area contributed by atoms with E-state index in [-0.39, 0.29) is 18.6 Å². The number of para-hydroxylation sites is 2. The summed E-state index contributed by atoms with van der Waals surface area (Å²) in [6.45, 7) is 4.62. The van der Waals surface area contributed by atoms with Gasteiger partial charge >= 0.3 is 0 Å². The second-order valence-corrected chi connectivity index (χ2v) is 4.89. The normalized spacial score (nSPS) is 10.6. The summed E-state index contributed by atoms with van der Waals surface area (Å²) in [6, 6.07) is 11.1. The molecule has 2 aromatic rings. The Balaban J connectivity index is 1.84. The third-order valence-corrected chi connectivity index (χ3v) is 2.69. The maximum atomic E-state index is 11.9. The zero-order valence-corrected chi connectivity index (χ0v) is 12.3. The summed E-state index contributed by atoms with van der Waals surface area (Å²) in [6.07, 6.45) is 1.66. The fourth-order valence-electron chi connectivity index (χ4n) is 1.83. The molecule has 0 spiro atoms. The van der Waals surface area contributed by atoms with Crippen molar-refractivity contribution in [1.82, 2.24) is 5.32 Å². The Kier molecular flexibility index (Phi) is 5.40. The smallest absolute Gasteiger partial charge is 0.238 e. The van der Waals surface area contributed by atoms with Gasteiger partial charge in [0.25, 0.3) is 0 Å². The van der Waals surface area contributed by atoms with Crippen LogP contribution in [-0.4, -0.2) is 18.6 Å². The molecule has 0 saturated carbocycles. The summed E-state index contributed by atoms with van der Waals surface area (Å²) in [5.41, 5.74) is 0.677. The Bertz CT molecular complexity index is 565. The van der Waals surface area contributed by atoms with Crippen molar-refractivity contribution in [2.75, 3.05) is 11.9 Å². The molecule has 0 fully saturated rings. The molecular formula is C16H20N2O3. The molecule has 0 saturated heterocycles. The topological polar surface area (TPSA) is 63.5 Å². The van der Waals surface area contributed by atoms with Crippen LogP contribution in [-0.2, 0) is 11.3 Å². The maximum Gasteiger partial charge on any atom is 0.238 e. The number of ether oxygens (including phenoxy) is 1. The molecule has 0 bridgehead atoms. The lowest BCUT2D eigenvalue weighted by molar-refractivity contribution is -0.115. The van der Waals surface area contributed by atoms with Crippen molar-refractivity contribution in [2.45, 2.75) is 26.5 Å². The Morgan fingerprint density at radius 3 is 2.76 bits per heavy atom. The van der Waals surface area contributed by atoms with Crippen LogP contribution in [0.1, 0.15) is 19.6 Å². The molecule has 1 aromatic heterocycles. The van der Waals surface area contributed by atoms with Crippen molar-refractivity contribution < 1.29 is 13.9 Å². The molecule has 0 aliphatic carbocycles. The van der Waals surface area contributed by atoms with Gasteiger partial charge in [0.05, 0.1) is 31.1 Å². The Morgan fingerprint density at radius 2 is 2.05 bits per heavy atom. The van der Waals surface area contributed by atoms with Gasteiger partial charge in [0.1, 0.15) is 11.5 Å². The second kappa shape index (κ2) is 7.50. The van der Waals surface area contributed by atoms with Gasteiger partial charge in [-0.15, -0.1) is 0 Å². The van der Waals surface area contributed by atoms with E-state index >= 15 is 0 Å². The van der Waals surface area contributed by atoms with Gasteiger partial charge in [0.2, 0.25) is 5.91 Å². The summed E-state index contributed by atoms with van der Waals surface area (Å²) in [5.74, 6) is 1.35. The molecule has 21 heavy (non-hydrogen) atoms. The highest BCUT2D eigenvalue weighted by atomic mass is 16.5. The molecule has 5 nitrogen and oxygen atoms in total. The molecule has 0 unspecified atom stereocenters. The van der Waals surface area contributed by atoms with Gasteiger partial charge in [-0.25, -0.2) is 0 Å². The number of anilines is 1. The highest BCUT2D eigenvalue weighted by molar-refractivity contribution is 5.93. The van der Waals surface area contributed by atoms with Crippen LogP contribution in [0.25, 0.3) is 0 Å². The zero-order chi connectivity index (χ0) is 15.1. The number of nitrogens with one attached hydrogen (secondary N) is 2. The van der Waals surface area contributed by atoms with Crippen LogP contribution in [0.2, 0.25) is 0 Å². The van der Waals surface area contributed by atoms with Gasteiger partial charge in [-0.1, -0.05) is 12.1 Å². The van der Waals surface area contributed by atoms with E-state index in [0.29, 0.717) is 18.0 Å². The summed E-state index contributed by atoms with van der Waals surface area (Å²) < 4.78 is 10.8. The maximum absolute atomic E-state index is 11.9. The van der Waals surface area contributed by atoms with E-state index < -0.39 is 0 Å². The Morgan fingerprint density at radius 1 is 1.24 bits per heavy atom. The largest absolute Gasteiger partial charge is 0.489 e. The minimum atomic E-state index is -0.124. The van der Waals surface area contributed by atoms with Gasteiger partial charge in [0.15, 0.2) is 0 Å². The Labute approximate surface area is 124 Å². The molecule has 5 heteroatoms. The number of benzene rings is 1. The zero-order valence-electron chi connectivity index (χ0n) is 12.3. The van der Waals surface area contributed by atoms with E-state index in [9.17, 15) is 4.79 Å². The van der Waals surface area contributed by atoms with E-state index in [1.165, 1.54) is 0 Å². The lowest BCUT2D eigenvalue weighted by Gasteiger charge is -2.14. The van der Waals surface area contributed by atoms with Crippen LogP contribution < -0.4 is 15.4 Å². The van der Waals surface area contributed by atoms with Crippen molar-refractivity contribution in [2.24, 2.45) is 0 Å². The molecule has 112 valence electrons. The van der Waals surface area contributed by atoms with Crippen LogP contribution >= 0.6 is 0 Å². The molecule has 1 heterocycles. The summed E-state index contributed by atoms with van der Waals surface area (Å²) in [5, 5.41) is 5.86. The molecule has 0 aliphatic rings. The first-order valence-corrected chi connectivity index (χ1v) is 6.94. The van der Waals surface area contributed by atoms with Crippen molar-refractivity contribution in [1.29, 1.82) is 0 Å². The van der Waals surface area contributed by atoms with Gasteiger partial charge in [-0.2, -0.15) is 0 Å². The summed E-state index contributed by atoms with van der Waals surface area (Å²) in [4.78, 5) is 11.9. The first-order valence-electron chi connectivity index (χ1n) is 6.94. The van der Waals surface area contributed by atoms with E-state index in [1.54, 1.807) is 6.26 Å². The number of hydrogen-bond acceptors (Lipinski definition) is 4. The highest BCUT2D eigenvalue weighted by Crippen LogP contribution is 2.24. The number of furan rings is 1. The van der Waals surface area contributed by atoms with Crippen LogP contribution in [0.3, 0.4) is 0 Å². The quantitative estimate of drug-likeness (QED) is 0.822. The molecule has 0 radical (unpaired) electrons. The average molecular weight is 288 g/mol. The van der Waals surface area contributed by atoms with E-state index in [2.05, 4.69) is 10.6 Å². The van der Waals surface area contributed by atoms with Gasteiger partial charge in [0, 0.05) is 0 Å². The molecule has 2 rings (SSSR count). The molecule has 0 aliphatic heterocycles. The van der Waals surface area contributed by atoms with Crippen molar-refractivity contribution in [3.63, 3.8) is 0 Å². The third kappa shape index (κ3) is 4.96. The summed E-state index contributed by atoms with van der Waals surface area (Å²) in [7, 11) is 0. The van der Waals surface area contributed by atoms with Crippen LogP contribution in [0, 0.1) is 0 Å². The highest BCUT2D eigenvalue weighted by Gasteiger charge is 2.08. The number of rotatable bonds is 7. The predicted molar refractivity (Wildman–Crippen MR) is 81.3 cm³/mol. The molecule has 1 aromatic carbocycles. The minimum absolute atomic E-state index is 0.0557. The molecule has 1 amide bonds. The van der Waals surface area contributed by atoms with Gasteiger partial charge < -0.3 is 19.8 Å². The molecule has 2 N–H and O–H groups in total. The van der Waals surface area contributed by atoms with Gasteiger partial charge in [-0.3, -0.25) is 4.79 Å². The van der Waals surface area contributed by atoms with E-state index in [1.807, 2.05) is 50.2 Å². The minimum Gasteiger partial charge on any atom is -0.489 e. The first kappa shape index (κ1) is 15.1.